The second-order valence-corrected chi connectivity index (χ2v) is 5.17. The van der Waals surface area contributed by atoms with Gasteiger partial charge in [0, 0.05) is 17.8 Å². The molecule has 0 saturated heterocycles. The number of amides is 1. The molecule has 120 valence electrons. The van der Waals surface area contributed by atoms with Gasteiger partial charge in [0.15, 0.2) is 0 Å². The number of nitro groups is 1. The van der Waals surface area contributed by atoms with Gasteiger partial charge in [-0.2, -0.15) is 5.10 Å². The van der Waals surface area contributed by atoms with Gasteiger partial charge in [-0.05, 0) is 30.3 Å². The number of halogens is 1. The summed E-state index contributed by atoms with van der Waals surface area (Å²) in [6.45, 7) is 0. The zero-order valence-corrected chi connectivity index (χ0v) is 12.8. The van der Waals surface area contributed by atoms with Gasteiger partial charge >= 0.3 is 0 Å². The van der Waals surface area contributed by atoms with E-state index in [0.29, 0.717) is 5.69 Å². The van der Waals surface area contributed by atoms with E-state index >= 15 is 0 Å². The topological polar surface area (TPSA) is 103 Å². The Bertz CT molecular complexity index is 894. The van der Waals surface area contributed by atoms with Crippen molar-refractivity contribution in [2.75, 3.05) is 5.32 Å². The van der Waals surface area contributed by atoms with Crippen molar-refractivity contribution in [1.82, 2.24) is 14.8 Å². The minimum atomic E-state index is -0.573. The fourth-order valence-electron chi connectivity index (χ4n) is 2.04. The second kappa shape index (κ2) is 6.47. The standard InChI is InChI=1S/C15H10ClN5O3/c16-14-7-12(21(23)24)5-6-13(14)15(22)19-10-1-3-11(4-2-10)20-9-17-8-18-20/h1-9H,(H,19,22). The van der Waals surface area contributed by atoms with E-state index in [1.54, 1.807) is 35.3 Å². The Balaban J connectivity index is 1.76. The van der Waals surface area contributed by atoms with Crippen molar-refractivity contribution in [3.05, 3.63) is 75.8 Å². The second-order valence-electron chi connectivity index (χ2n) is 4.76. The van der Waals surface area contributed by atoms with Crippen molar-refractivity contribution in [2.24, 2.45) is 0 Å². The van der Waals surface area contributed by atoms with Gasteiger partial charge in [0.05, 0.1) is 21.2 Å². The van der Waals surface area contributed by atoms with E-state index in [1.165, 1.54) is 18.5 Å². The molecular formula is C15H10ClN5O3. The Hall–Kier alpha value is -3.26. The maximum Gasteiger partial charge on any atom is 0.270 e. The van der Waals surface area contributed by atoms with Crippen molar-refractivity contribution in [2.45, 2.75) is 0 Å². The summed E-state index contributed by atoms with van der Waals surface area (Å²) < 4.78 is 1.58. The highest BCUT2D eigenvalue weighted by molar-refractivity contribution is 6.34. The number of benzene rings is 2. The number of anilines is 1. The van der Waals surface area contributed by atoms with Crippen LogP contribution in [0.15, 0.2) is 55.1 Å². The normalized spacial score (nSPS) is 10.4. The maximum atomic E-state index is 12.2. The lowest BCUT2D eigenvalue weighted by Crippen LogP contribution is -2.12. The number of nitrogens with one attached hydrogen (secondary N) is 1. The van der Waals surface area contributed by atoms with Crippen LogP contribution in [0.1, 0.15) is 10.4 Å². The Kier molecular flexibility index (Phi) is 4.21. The van der Waals surface area contributed by atoms with Gasteiger partial charge in [-0.3, -0.25) is 14.9 Å². The largest absolute Gasteiger partial charge is 0.322 e. The number of hydrogen-bond donors (Lipinski definition) is 1. The number of nitrogens with zero attached hydrogens (tertiary/aromatic N) is 4. The van der Waals surface area contributed by atoms with Gasteiger partial charge in [-0.15, -0.1) is 0 Å². The highest BCUT2D eigenvalue weighted by atomic mass is 35.5. The number of nitro benzene ring substituents is 1. The minimum Gasteiger partial charge on any atom is -0.322 e. The average molecular weight is 344 g/mol. The van der Waals surface area contributed by atoms with Gasteiger partial charge in [-0.1, -0.05) is 11.6 Å². The minimum absolute atomic E-state index is 0.0148. The number of rotatable bonds is 4. The quantitative estimate of drug-likeness (QED) is 0.579. The van der Waals surface area contributed by atoms with Crippen LogP contribution in [-0.4, -0.2) is 25.6 Å². The van der Waals surface area contributed by atoms with Crippen LogP contribution < -0.4 is 5.32 Å². The highest BCUT2D eigenvalue weighted by Crippen LogP contribution is 2.23. The molecule has 2 aromatic carbocycles. The summed E-state index contributed by atoms with van der Waals surface area (Å²) in [5, 5.41) is 17.4. The summed E-state index contributed by atoms with van der Waals surface area (Å²) in [5.74, 6) is -0.455. The number of hydrogen-bond acceptors (Lipinski definition) is 5. The first-order valence-corrected chi connectivity index (χ1v) is 7.13. The van der Waals surface area contributed by atoms with Crippen molar-refractivity contribution >= 4 is 28.9 Å². The van der Waals surface area contributed by atoms with E-state index in [-0.39, 0.29) is 16.3 Å². The predicted octanol–water partition coefficient (Wildman–Crippen LogP) is 3.08. The molecule has 0 spiro atoms. The third kappa shape index (κ3) is 3.23. The fraction of sp³-hybridized carbons (Fsp3) is 0. The summed E-state index contributed by atoms with van der Waals surface area (Å²) in [7, 11) is 0. The lowest BCUT2D eigenvalue weighted by atomic mass is 10.2. The number of carbonyl (C=O) groups is 1. The van der Waals surface area contributed by atoms with Crippen LogP contribution in [-0.2, 0) is 0 Å². The molecule has 1 aromatic heterocycles. The molecule has 1 amide bonds. The number of carbonyl (C=O) groups excluding carboxylic acids is 1. The zero-order chi connectivity index (χ0) is 17.1. The van der Waals surface area contributed by atoms with Gasteiger partial charge in [-0.25, -0.2) is 9.67 Å². The molecule has 0 aliphatic heterocycles. The Morgan fingerprint density at radius 3 is 2.54 bits per heavy atom. The molecule has 0 saturated carbocycles. The van der Waals surface area contributed by atoms with Crippen molar-refractivity contribution in [1.29, 1.82) is 0 Å². The lowest BCUT2D eigenvalue weighted by Gasteiger charge is -2.08. The average Bonchev–Trinajstić information content (AvgIpc) is 3.09. The van der Waals surface area contributed by atoms with Crippen molar-refractivity contribution in [3.8, 4) is 5.69 Å². The van der Waals surface area contributed by atoms with Crippen LogP contribution in [0.5, 0.6) is 0 Å². The van der Waals surface area contributed by atoms with Crippen LogP contribution >= 0.6 is 11.6 Å². The first-order valence-electron chi connectivity index (χ1n) is 6.75. The molecule has 3 aromatic rings. The molecule has 3 rings (SSSR count). The van der Waals surface area contributed by atoms with E-state index in [4.69, 9.17) is 11.6 Å². The summed E-state index contributed by atoms with van der Waals surface area (Å²) in [6, 6.07) is 10.6. The van der Waals surface area contributed by atoms with Crippen molar-refractivity contribution in [3.63, 3.8) is 0 Å². The first-order chi connectivity index (χ1) is 11.5. The fourth-order valence-corrected chi connectivity index (χ4v) is 2.30. The number of non-ortho nitro benzene ring substituents is 1. The molecule has 1 N–H and O–H groups in total. The lowest BCUT2D eigenvalue weighted by molar-refractivity contribution is -0.384. The zero-order valence-electron chi connectivity index (χ0n) is 12.1. The smallest absolute Gasteiger partial charge is 0.270 e. The molecule has 0 unspecified atom stereocenters. The van der Waals surface area contributed by atoms with Crippen LogP contribution in [0.2, 0.25) is 5.02 Å². The van der Waals surface area contributed by atoms with E-state index < -0.39 is 10.8 Å². The third-order valence-electron chi connectivity index (χ3n) is 3.22. The van der Waals surface area contributed by atoms with Crippen LogP contribution in [0.4, 0.5) is 11.4 Å². The summed E-state index contributed by atoms with van der Waals surface area (Å²) in [6.07, 6.45) is 2.98. The summed E-state index contributed by atoms with van der Waals surface area (Å²) in [5.41, 5.74) is 1.33. The Labute approximate surface area is 140 Å². The van der Waals surface area contributed by atoms with E-state index in [0.717, 1.165) is 11.8 Å². The molecule has 9 heteroatoms. The van der Waals surface area contributed by atoms with E-state index in [9.17, 15) is 14.9 Å². The molecule has 0 aliphatic carbocycles. The number of aromatic nitrogens is 3. The monoisotopic (exact) mass is 343 g/mol. The van der Waals surface area contributed by atoms with E-state index in [2.05, 4.69) is 15.4 Å². The first kappa shape index (κ1) is 15.6. The van der Waals surface area contributed by atoms with Crippen LogP contribution in [0.3, 0.4) is 0 Å². The molecular weight excluding hydrogens is 334 g/mol. The SMILES string of the molecule is O=C(Nc1ccc(-n2cncn2)cc1)c1ccc([N+](=O)[O-])cc1Cl. The Morgan fingerprint density at radius 1 is 1.21 bits per heavy atom. The molecule has 0 aliphatic rings. The molecule has 24 heavy (non-hydrogen) atoms. The molecule has 0 radical (unpaired) electrons. The summed E-state index contributed by atoms with van der Waals surface area (Å²) >= 11 is 5.94. The van der Waals surface area contributed by atoms with Gasteiger partial charge in [0.1, 0.15) is 12.7 Å². The maximum absolute atomic E-state index is 12.2. The molecule has 0 bridgehead atoms. The predicted molar refractivity (Wildman–Crippen MR) is 87.4 cm³/mol. The molecule has 0 atom stereocenters. The third-order valence-corrected chi connectivity index (χ3v) is 3.53. The Morgan fingerprint density at radius 2 is 1.96 bits per heavy atom. The van der Waals surface area contributed by atoms with Crippen LogP contribution in [0.25, 0.3) is 5.69 Å². The van der Waals surface area contributed by atoms with Crippen LogP contribution in [0, 0.1) is 10.1 Å². The molecule has 0 fully saturated rings. The van der Waals surface area contributed by atoms with Gasteiger partial charge in [0.25, 0.3) is 11.6 Å². The van der Waals surface area contributed by atoms with Gasteiger partial charge < -0.3 is 5.32 Å². The molecule has 1 heterocycles. The summed E-state index contributed by atoms with van der Waals surface area (Å²) in [4.78, 5) is 26.2. The molecule has 8 nitrogen and oxygen atoms in total. The highest BCUT2D eigenvalue weighted by Gasteiger charge is 2.15. The van der Waals surface area contributed by atoms with Gasteiger partial charge in [0.2, 0.25) is 0 Å². The van der Waals surface area contributed by atoms with E-state index in [1.807, 2.05) is 0 Å². The van der Waals surface area contributed by atoms with Crippen molar-refractivity contribution < 1.29 is 9.72 Å².